The molecule has 2 aliphatic heterocycles. The maximum absolute atomic E-state index is 12.8. The van der Waals surface area contributed by atoms with E-state index in [-0.39, 0.29) is 11.5 Å². The Bertz CT molecular complexity index is 908. The van der Waals surface area contributed by atoms with Gasteiger partial charge in [-0.2, -0.15) is 13.2 Å². The number of thiophene rings is 1. The number of likely N-dealkylation sites (tertiary alicyclic amines) is 1. The number of carboxylic acids is 1. The molecule has 1 spiro atoms. The lowest BCUT2D eigenvalue weighted by molar-refractivity contribution is -0.192. The van der Waals surface area contributed by atoms with Crippen molar-refractivity contribution in [3.63, 3.8) is 0 Å². The average molecular weight is 485 g/mol. The summed E-state index contributed by atoms with van der Waals surface area (Å²) in [7, 11) is 0. The molecule has 2 fully saturated rings. The number of morpholine rings is 1. The first-order valence-electron chi connectivity index (χ1n) is 10.7. The summed E-state index contributed by atoms with van der Waals surface area (Å²) in [5.41, 5.74) is 0.689. The van der Waals surface area contributed by atoms with Crippen LogP contribution in [0.5, 0.6) is 0 Å². The van der Waals surface area contributed by atoms with Gasteiger partial charge in [-0.1, -0.05) is 24.3 Å². The predicted molar refractivity (Wildman–Crippen MR) is 118 cm³/mol. The lowest BCUT2D eigenvalue weighted by atomic mass is 9.92. The molecule has 180 valence electrons. The number of halogens is 3. The van der Waals surface area contributed by atoms with Crippen LogP contribution in [0.4, 0.5) is 13.2 Å². The first-order chi connectivity index (χ1) is 15.7. The number of nitrogens with zero attached hydrogens (tertiary/aromatic N) is 2. The number of carbonyl (C=O) groups is 2. The minimum atomic E-state index is -5.08. The number of hydrogen-bond acceptors (Lipinski definition) is 5. The van der Waals surface area contributed by atoms with Crippen molar-refractivity contribution in [3.8, 4) is 0 Å². The van der Waals surface area contributed by atoms with Gasteiger partial charge in [-0.05, 0) is 42.8 Å². The first kappa shape index (κ1) is 25.2. The van der Waals surface area contributed by atoms with Gasteiger partial charge < -0.3 is 14.7 Å². The van der Waals surface area contributed by atoms with Crippen LogP contribution in [0.2, 0.25) is 0 Å². The zero-order valence-electron chi connectivity index (χ0n) is 18.1. The Morgan fingerprint density at radius 3 is 2.42 bits per heavy atom. The molecule has 0 aliphatic carbocycles. The molecule has 1 aromatic heterocycles. The highest BCUT2D eigenvalue weighted by atomic mass is 32.1. The molecule has 2 saturated heterocycles. The number of carbonyl (C=O) groups excluding carboxylic acids is 1. The molecule has 3 heterocycles. The maximum atomic E-state index is 12.8. The number of hydrogen-bond donors (Lipinski definition) is 1. The summed E-state index contributed by atoms with van der Waals surface area (Å²) < 4.78 is 38.0. The normalized spacial score (nSPS) is 21.7. The molecule has 2 aromatic rings. The average Bonchev–Trinajstić information content (AvgIpc) is 3.21. The zero-order chi connectivity index (χ0) is 23.9. The Kier molecular flexibility index (Phi) is 8.50. The molecule has 0 radical (unpaired) electrons. The molecule has 33 heavy (non-hydrogen) atoms. The molecule has 1 atom stereocenters. The van der Waals surface area contributed by atoms with E-state index in [4.69, 9.17) is 14.6 Å². The highest BCUT2D eigenvalue weighted by Crippen LogP contribution is 2.31. The maximum Gasteiger partial charge on any atom is 0.490 e. The molecule has 1 N–H and O–H groups in total. The summed E-state index contributed by atoms with van der Waals surface area (Å²) in [6.07, 6.45) is -2.12. The highest BCUT2D eigenvalue weighted by molar-refractivity contribution is 7.09. The van der Waals surface area contributed by atoms with Crippen LogP contribution in [0.3, 0.4) is 0 Å². The van der Waals surface area contributed by atoms with E-state index >= 15 is 0 Å². The highest BCUT2D eigenvalue weighted by Gasteiger charge is 2.39. The van der Waals surface area contributed by atoms with Crippen molar-refractivity contribution in [2.45, 2.75) is 37.6 Å². The first-order valence-corrected chi connectivity index (χ1v) is 11.6. The van der Waals surface area contributed by atoms with Gasteiger partial charge in [0.25, 0.3) is 5.91 Å². The number of ether oxygens (including phenoxy) is 1. The van der Waals surface area contributed by atoms with E-state index in [1.807, 2.05) is 46.6 Å². The molecule has 4 rings (SSSR count). The quantitative estimate of drug-likeness (QED) is 0.704. The van der Waals surface area contributed by atoms with Crippen LogP contribution in [0.15, 0.2) is 47.8 Å². The molecule has 1 amide bonds. The minimum absolute atomic E-state index is 0.0960. The van der Waals surface area contributed by atoms with E-state index in [1.54, 1.807) is 0 Å². The van der Waals surface area contributed by atoms with Crippen molar-refractivity contribution in [1.29, 1.82) is 0 Å². The Balaban J connectivity index is 0.000000383. The lowest BCUT2D eigenvalue weighted by Crippen LogP contribution is -2.51. The fraction of sp³-hybridized carbons (Fsp3) is 0.478. The summed E-state index contributed by atoms with van der Waals surface area (Å²) >= 11 is 1.82. The molecule has 0 bridgehead atoms. The Morgan fingerprint density at radius 1 is 1.06 bits per heavy atom. The molecule has 0 saturated carbocycles. The SMILES string of the molecule is O=C(O)C(F)(F)F.O=C(c1ccccc1)N1CCCC2(CC1)CN(Cc1cccs1)CCO2. The summed E-state index contributed by atoms with van der Waals surface area (Å²) in [5, 5.41) is 9.27. The molecule has 10 heteroatoms. The summed E-state index contributed by atoms with van der Waals surface area (Å²) in [6.45, 7) is 5.36. The summed E-state index contributed by atoms with van der Waals surface area (Å²) in [4.78, 5) is 27.6. The second-order valence-corrected chi connectivity index (χ2v) is 9.17. The minimum Gasteiger partial charge on any atom is -0.475 e. The predicted octanol–water partition coefficient (Wildman–Crippen LogP) is 4.28. The van der Waals surface area contributed by atoms with Gasteiger partial charge in [0.05, 0.1) is 12.2 Å². The van der Waals surface area contributed by atoms with Crippen LogP contribution < -0.4 is 0 Å². The number of alkyl halides is 3. The van der Waals surface area contributed by atoms with E-state index < -0.39 is 12.1 Å². The second kappa shape index (κ2) is 11.1. The van der Waals surface area contributed by atoms with Crippen molar-refractivity contribution >= 4 is 23.2 Å². The van der Waals surface area contributed by atoms with Crippen molar-refractivity contribution < 1.29 is 32.6 Å². The fourth-order valence-electron chi connectivity index (χ4n) is 4.12. The van der Waals surface area contributed by atoms with Crippen LogP contribution >= 0.6 is 11.3 Å². The van der Waals surface area contributed by atoms with Gasteiger partial charge in [0.1, 0.15) is 0 Å². The van der Waals surface area contributed by atoms with E-state index in [1.165, 1.54) is 4.88 Å². The zero-order valence-corrected chi connectivity index (χ0v) is 18.9. The number of benzene rings is 1. The standard InChI is InChI=1S/C21H26N2O2S.C2HF3O2/c24-20(18-6-2-1-3-7-18)23-11-5-9-21(10-12-23)17-22(13-14-25-21)16-19-8-4-15-26-19;3-2(4,5)1(6)7/h1-4,6-8,15H,5,9-14,16-17H2;(H,6,7). The fourth-order valence-corrected chi connectivity index (χ4v) is 4.86. The van der Waals surface area contributed by atoms with Gasteiger partial charge >= 0.3 is 12.1 Å². The molecule has 2 aliphatic rings. The van der Waals surface area contributed by atoms with Crippen LogP contribution in [-0.2, 0) is 16.1 Å². The molecule has 1 unspecified atom stereocenters. The van der Waals surface area contributed by atoms with E-state index in [0.717, 1.165) is 64.2 Å². The number of rotatable bonds is 3. The van der Waals surface area contributed by atoms with Crippen LogP contribution in [-0.4, -0.2) is 71.3 Å². The van der Waals surface area contributed by atoms with Gasteiger partial charge in [0, 0.05) is 43.2 Å². The molecule has 6 nitrogen and oxygen atoms in total. The third-order valence-corrected chi connectivity index (χ3v) is 6.60. The molecule has 1 aromatic carbocycles. The van der Waals surface area contributed by atoms with Gasteiger partial charge in [0.15, 0.2) is 0 Å². The van der Waals surface area contributed by atoms with Crippen LogP contribution in [0.25, 0.3) is 0 Å². The summed E-state index contributed by atoms with van der Waals surface area (Å²) in [5.74, 6) is -2.61. The van der Waals surface area contributed by atoms with Crippen molar-refractivity contribution in [1.82, 2.24) is 9.80 Å². The van der Waals surface area contributed by atoms with E-state index in [0.29, 0.717) is 0 Å². The van der Waals surface area contributed by atoms with Gasteiger partial charge in [-0.25, -0.2) is 4.79 Å². The number of carboxylic acid groups (broad SMARTS) is 1. The second-order valence-electron chi connectivity index (χ2n) is 8.14. The van der Waals surface area contributed by atoms with Crippen LogP contribution in [0, 0.1) is 0 Å². The Morgan fingerprint density at radius 2 is 1.79 bits per heavy atom. The van der Waals surface area contributed by atoms with E-state index in [2.05, 4.69) is 22.4 Å². The smallest absolute Gasteiger partial charge is 0.475 e. The molecular formula is C23H27F3N2O4S. The third kappa shape index (κ3) is 7.28. The van der Waals surface area contributed by atoms with Gasteiger partial charge in [-0.15, -0.1) is 11.3 Å². The monoisotopic (exact) mass is 484 g/mol. The van der Waals surface area contributed by atoms with E-state index in [9.17, 15) is 18.0 Å². The summed E-state index contributed by atoms with van der Waals surface area (Å²) in [6, 6.07) is 13.9. The van der Waals surface area contributed by atoms with Crippen molar-refractivity contribution in [2.75, 3.05) is 32.8 Å². The molecular weight excluding hydrogens is 457 g/mol. The topological polar surface area (TPSA) is 70.1 Å². The Labute approximate surface area is 194 Å². The van der Waals surface area contributed by atoms with Crippen molar-refractivity contribution in [3.05, 3.63) is 58.3 Å². The largest absolute Gasteiger partial charge is 0.490 e. The number of amides is 1. The third-order valence-electron chi connectivity index (χ3n) is 5.74. The Hall–Kier alpha value is -2.43. The number of aliphatic carboxylic acids is 1. The lowest BCUT2D eigenvalue weighted by Gasteiger charge is -2.42. The van der Waals surface area contributed by atoms with Crippen molar-refractivity contribution in [2.24, 2.45) is 0 Å². The van der Waals surface area contributed by atoms with Crippen LogP contribution in [0.1, 0.15) is 34.5 Å². The van der Waals surface area contributed by atoms with Gasteiger partial charge in [0.2, 0.25) is 0 Å². The van der Waals surface area contributed by atoms with Gasteiger partial charge in [-0.3, -0.25) is 9.69 Å².